The highest BCUT2D eigenvalue weighted by molar-refractivity contribution is 7.22. The van der Waals surface area contributed by atoms with Crippen LogP contribution in [-0.4, -0.2) is 68.4 Å². The summed E-state index contributed by atoms with van der Waals surface area (Å²) in [7, 11) is 1.64. The second kappa shape index (κ2) is 10.0. The number of methoxy groups -OCH3 is 1. The Morgan fingerprint density at radius 1 is 1.10 bits per heavy atom. The van der Waals surface area contributed by atoms with E-state index >= 15 is 0 Å². The van der Waals surface area contributed by atoms with Gasteiger partial charge in [-0.15, -0.1) is 5.10 Å². The van der Waals surface area contributed by atoms with E-state index in [0.717, 1.165) is 59.9 Å². The lowest BCUT2D eigenvalue weighted by Crippen LogP contribution is -2.49. The molecule has 202 valence electrons. The van der Waals surface area contributed by atoms with Crippen LogP contribution in [0.5, 0.6) is 5.75 Å². The summed E-state index contributed by atoms with van der Waals surface area (Å²) in [6.45, 7) is 9.38. The number of rotatable bonds is 7. The summed E-state index contributed by atoms with van der Waals surface area (Å²) in [5.74, 6) is 1.40. The summed E-state index contributed by atoms with van der Waals surface area (Å²) in [5.41, 5.74) is 1.95. The van der Waals surface area contributed by atoms with E-state index < -0.39 is 6.04 Å². The van der Waals surface area contributed by atoms with Crippen molar-refractivity contribution in [1.29, 1.82) is 0 Å². The van der Waals surface area contributed by atoms with Gasteiger partial charge in [0.2, 0.25) is 0 Å². The van der Waals surface area contributed by atoms with Crippen LogP contribution < -0.4 is 15.2 Å². The number of pyridine rings is 1. The molecule has 10 nitrogen and oxygen atoms in total. The lowest BCUT2D eigenvalue weighted by molar-refractivity contribution is 0.186. The van der Waals surface area contributed by atoms with Crippen LogP contribution in [0.25, 0.3) is 21.1 Å². The molecule has 1 aliphatic rings. The van der Waals surface area contributed by atoms with Crippen LogP contribution in [-0.2, 0) is 5.54 Å². The molecule has 2 aromatic carbocycles. The topological polar surface area (TPSA) is 105 Å². The van der Waals surface area contributed by atoms with Crippen LogP contribution in [0.3, 0.4) is 0 Å². The van der Waals surface area contributed by atoms with Crippen molar-refractivity contribution in [2.75, 3.05) is 38.2 Å². The maximum Gasteiger partial charge on any atom is 0.253 e. The molecule has 3 aromatic heterocycles. The summed E-state index contributed by atoms with van der Waals surface area (Å²) in [6.07, 6.45) is 0.842. The molecule has 1 N–H and O–H groups in total. The third kappa shape index (κ3) is 4.65. The van der Waals surface area contributed by atoms with Crippen molar-refractivity contribution < 1.29 is 4.74 Å². The van der Waals surface area contributed by atoms with Gasteiger partial charge in [0.15, 0.2) is 11.0 Å². The Morgan fingerprint density at radius 2 is 1.90 bits per heavy atom. The molecule has 11 heteroatoms. The van der Waals surface area contributed by atoms with E-state index in [1.807, 2.05) is 41.1 Å². The molecule has 0 unspecified atom stereocenters. The predicted molar refractivity (Wildman–Crippen MR) is 154 cm³/mol. The Kier molecular flexibility index (Phi) is 6.56. The molecule has 0 radical (unpaired) electrons. The Bertz CT molecular complexity index is 1650. The van der Waals surface area contributed by atoms with Gasteiger partial charge >= 0.3 is 0 Å². The van der Waals surface area contributed by atoms with E-state index in [4.69, 9.17) is 9.72 Å². The minimum absolute atomic E-state index is 0.143. The first kappa shape index (κ1) is 25.4. The zero-order valence-electron chi connectivity index (χ0n) is 22.6. The molecule has 6 rings (SSSR count). The molecule has 39 heavy (non-hydrogen) atoms. The van der Waals surface area contributed by atoms with E-state index in [-0.39, 0.29) is 11.1 Å². The van der Waals surface area contributed by atoms with Crippen molar-refractivity contribution in [3.63, 3.8) is 0 Å². The smallest absolute Gasteiger partial charge is 0.253 e. The molecule has 1 atom stereocenters. The number of fused-ring (bicyclic) bond motifs is 2. The number of aromatic amines is 1. The number of tetrazole rings is 1. The number of anilines is 1. The fourth-order valence-corrected chi connectivity index (χ4v) is 6.16. The average molecular weight is 545 g/mol. The highest BCUT2D eigenvalue weighted by Crippen LogP contribution is 2.34. The second-order valence-corrected chi connectivity index (χ2v) is 11.5. The minimum atomic E-state index is -0.414. The number of aromatic nitrogens is 6. The summed E-state index contributed by atoms with van der Waals surface area (Å²) < 4.78 is 8.51. The summed E-state index contributed by atoms with van der Waals surface area (Å²) in [4.78, 5) is 26.1. The number of hydrogen-bond donors (Lipinski definition) is 1. The fraction of sp³-hybridized carbons (Fsp3) is 0.393. The SMILES string of the molecule is CCC(C)(C)n1nnnc1[C@@H](c1cc2cc(OC)ccc2[nH]c1=O)N1CCN(c2nc3ccccc3s2)CC1. The monoisotopic (exact) mass is 544 g/mol. The van der Waals surface area contributed by atoms with E-state index in [1.165, 1.54) is 4.70 Å². The molecule has 1 aliphatic heterocycles. The van der Waals surface area contributed by atoms with E-state index in [9.17, 15) is 4.79 Å². The Morgan fingerprint density at radius 3 is 2.64 bits per heavy atom. The summed E-state index contributed by atoms with van der Waals surface area (Å²) >= 11 is 1.72. The molecule has 0 bridgehead atoms. The number of thiazole rings is 1. The van der Waals surface area contributed by atoms with Crippen molar-refractivity contribution in [3.8, 4) is 5.75 Å². The van der Waals surface area contributed by atoms with Crippen LogP contribution >= 0.6 is 11.3 Å². The van der Waals surface area contributed by atoms with Crippen molar-refractivity contribution in [3.05, 3.63) is 70.3 Å². The van der Waals surface area contributed by atoms with Crippen molar-refractivity contribution in [2.24, 2.45) is 0 Å². The number of ether oxygens (including phenoxy) is 1. The second-order valence-electron chi connectivity index (χ2n) is 10.5. The van der Waals surface area contributed by atoms with Gasteiger partial charge in [-0.05, 0) is 67.1 Å². The lowest BCUT2D eigenvalue weighted by atomic mass is 9.99. The van der Waals surface area contributed by atoms with Gasteiger partial charge in [-0.3, -0.25) is 9.69 Å². The molecule has 4 heterocycles. The van der Waals surface area contributed by atoms with Crippen molar-refractivity contribution >= 4 is 37.6 Å². The molecule has 0 aliphatic carbocycles. The van der Waals surface area contributed by atoms with Gasteiger partial charge < -0.3 is 14.6 Å². The highest BCUT2D eigenvalue weighted by Gasteiger charge is 2.36. The standard InChI is InChI=1S/C28H32N8O2S/c1-5-28(2,3)36-25(31-32-33-36)24(20-17-18-16-19(38-4)10-11-21(18)29-26(20)37)34-12-14-35(15-13-34)27-30-22-8-6-7-9-23(22)39-27/h6-11,16-17,24H,5,12-15H2,1-4H3,(H,29,37)/t24-/m1/s1. The van der Waals surface area contributed by atoms with Crippen LogP contribution in [0, 0.1) is 0 Å². The van der Waals surface area contributed by atoms with Crippen LogP contribution in [0.4, 0.5) is 5.13 Å². The number of nitrogens with zero attached hydrogens (tertiary/aromatic N) is 7. The first-order chi connectivity index (χ1) is 18.9. The molecule has 0 saturated carbocycles. The largest absolute Gasteiger partial charge is 0.497 e. The Labute approximate surface area is 230 Å². The number of hydrogen-bond acceptors (Lipinski definition) is 9. The molecule has 5 aromatic rings. The van der Waals surface area contributed by atoms with E-state index in [0.29, 0.717) is 11.4 Å². The van der Waals surface area contributed by atoms with Crippen molar-refractivity contribution in [1.82, 2.24) is 35.1 Å². The predicted octanol–water partition coefficient (Wildman–Crippen LogP) is 4.19. The molecule has 0 spiro atoms. The molecular formula is C28H32N8O2S. The maximum absolute atomic E-state index is 13.6. The zero-order valence-corrected chi connectivity index (χ0v) is 23.4. The normalized spacial score (nSPS) is 15.7. The average Bonchev–Trinajstić information content (AvgIpc) is 3.62. The fourth-order valence-electron chi connectivity index (χ4n) is 5.14. The summed E-state index contributed by atoms with van der Waals surface area (Å²) in [5, 5.41) is 14.9. The van der Waals surface area contributed by atoms with E-state index in [1.54, 1.807) is 18.4 Å². The van der Waals surface area contributed by atoms with Gasteiger partial charge in [-0.2, -0.15) is 0 Å². The van der Waals surface area contributed by atoms with Crippen LogP contribution in [0.2, 0.25) is 0 Å². The Balaban J connectivity index is 1.39. The van der Waals surface area contributed by atoms with Gasteiger partial charge in [-0.25, -0.2) is 9.67 Å². The highest BCUT2D eigenvalue weighted by atomic mass is 32.1. The van der Waals surface area contributed by atoms with Gasteiger partial charge in [0.1, 0.15) is 11.8 Å². The Hall–Kier alpha value is -3.83. The van der Waals surface area contributed by atoms with E-state index in [2.05, 4.69) is 63.2 Å². The van der Waals surface area contributed by atoms with Crippen LogP contribution in [0.1, 0.15) is 44.6 Å². The summed E-state index contributed by atoms with van der Waals surface area (Å²) in [6, 6.07) is 15.4. The number of H-pyrrole nitrogens is 1. The molecular weight excluding hydrogens is 512 g/mol. The van der Waals surface area contributed by atoms with Gasteiger partial charge in [0, 0.05) is 42.6 Å². The lowest BCUT2D eigenvalue weighted by Gasteiger charge is -2.39. The van der Waals surface area contributed by atoms with Crippen LogP contribution in [0.15, 0.2) is 53.3 Å². The number of piperazine rings is 1. The first-order valence-electron chi connectivity index (χ1n) is 13.2. The van der Waals surface area contributed by atoms with Gasteiger partial charge in [0.25, 0.3) is 5.56 Å². The molecule has 0 amide bonds. The molecule has 1 saturated heterocycles. The number of nitrogens with one attached hydrogen (secondary N) is 1. The zero-order chi connectivity index (χ0) is 27.1. The van der Waals surface area contributed by atoms with Gasteiger partial charge in [-0.1, -0.05) is 30.4 Å². The quantitative estimate of drug-likeness (QED) is 0.325. The minimum Gasteiger partial charge on any atom is -0.497 e. The van der Waals surface area contributed by atoms with Crippen molar-refractivity contribution in [2.45, 2.75) is 38.8 Å². The third-order valence-corrected chi connectivity index (χ3v) is 8.88. The third-order valence-electron chi connectivity index (χ3n) is 7.78. The maximum atomic E-state index is 13.6. The number of para-hydroxylation sites is 1. The first-order valence-corrected chi connectivity index (χ1v) is 14.0. The molecule has 1 fully saturated rings. The van der Waals surface area contributed by atoms with Gasteiger partial charge in [0.05, 0.1) is 22.9 Å². The number of benzene rings is 2.